The Labute approximate surface area is 198 Å². The van der Waals surface area contributed by atoms with Gasteiger partial charge in [0.2, 0.25) is 0 Å². The molecule has 5 nitrogen and oxygen atoms in total. The number of aromatic amines is 1. The van der Waals surface area contributed by atoms with Gasteiger partial charge >= 0.3 is 0 Å². The summed E-state index contributed by atoms with van der Waals surface area (Å²) in [5.41, 5.74) is 7.36. The molecular formula is C28H27FN2O3. The van der Waals surface area contributed by atoms with E-state index in [4.69, 9.17) is 14.2 Å². The number of hydrogen-bond donors (Lipinski definition) is 1. The van der Waals surface area contributed by atoms with Gasteiger partial charge in [-0.2, -0.15) is 0 Å². The molecule has 2 aliphatic heterocycles. The summed E-state index contributed by atoms with van der Waals surface area (Å²) in [6.07, 6.45) is 1.90. The van der Waals surface area contributed by atoms with Crippen molar-refractivity contribution in [1.29, 1.82) is 0 Å². The highest BCUT2D eigenvalue weighted by atomic mass is 19.1. The summed E-state index contributed by atoms with van der Waals surface area (Å²) in [5, 5.41) is 1.24. The number of nitrogens with zero attached hydrogens (tertiary/aromatic N) is 1. The minimum atomic E-state index is -0.246. The fraction of sp³-hybridized carbons (Fsp3) is 0.286. The van der Waals surface area contributed by atoms with Crippen molar-refractivity contribution in [3.8, 4) is 17.2 Å². The van der Waals surface area contributed by atoms with E-state index < -0.39 is 0 Å². The van der Waals surface area contributed by atoms with E-state index in [2.05, 4.69) is 34.1 Å². The van der Waals surface area contributed by atoms with Crippen LogP contribution >= 0.6 is 0 Å². The van der Waals surface area contributed by atoms with Gasteiger partial charge in [0.05, 0.1) is 14.2 Å². The number of nitrogens with one attached hydrogen (secondary N) is 1. The Balaban J connectivity index is 1.32. The van der Waals surface area contributed by atoms with Gasteiger partial charge in [0, 0.05) is 35.7 Å². The highest BCUT2D eigenvalue weighted by Crippen LogP contribution is 2.44. The Hall–Kier alpha value is -3.51. The van der Waals surface area contributed by atoms with Crippen molar-refractivity contribution in [3.63, 3.8) is 0 Å². The third-order valence-electron chi connectivity index (χ3n) is 7.16. The molecule has 174 valence electrons. The van der Waals surface area contributed by atoms with Crippen LogP contribution in [0, 0.1) is 5.82 Å². The van der Waals surface area contributed by atoms with Crippen LogP contribution in [0.5, 0.6) is 17.2 Å². The third-order valence-corrected chi connectivity index (χ3v) is 7.16. The number of rotatable bonds is 5. The van der Waals surface area contributed by atoms with Crippen molar-refractivity contribution in [1.82, 2.24) is 9.88 Å². The Morgan fingerprint density at radius 3 is 2.65 bits per heavy atom. The van der Waals surface area contributed by atoms with Gasteiger partial charge < -0.3 is 19.2 Å². The highest BCUT2D eigenvalue weighted by molar-refractivity contribution is 5.86. The maximum Gasteiger partial charge on any atom is 0.161 e. The molecule has 3 heterocycles. The van der Waals surface area contributed by atoms with Crippen LogP contribution in [0.25, 0.3) is 10.9 Å². The smallest absolute Gasteiger partial charge is 0.161 e. The number of hydrogen-bond acceptors (Lipinski definition) is 4. The predicted molar refractivity (Wildman–Crippen MR) is 129 cm³/mol. The van der Waals surface area contributed by atoms with E-state index in [0.717, 1.165) is 54.3 Å². The summed E-state index contributed by atoms with van der Waals surface area (Å²) in [6, 6.07) is 17.2. The van der Waals surface area contributed by atoms with Gasteiger partial charge in [-0.05, 0) is 77.6 Å². The van der Waals surface area contributed by atoms with E-state index in [9.17, 15) is 4.39 Å². The summed E-state index contributed by atoms with van der Waals surface area (Å²) in [4.78, 5) is 6.18. The van der Waals surface area contributed by atoms with Gasteiger partial charge in [0.25, 0.3) is 0 Å². The topological polar surface area (TPSA) is 46.7 Å². The van der Waals surface area contributed by atoms with Crippen LogP contribution in [-0.2, 0) is 26.0 Å². The lowest BCUT2D eigenvalue weighted by molar-refractivity contribution is 0.158. The highest BCUT2D eigenvalue weighted by Gasteiger charge is 2.34. The zero-order chi connectivity index (χ0) is 23.2. The molecule has 4 aromatic rings. The first-order valence-corrected chi connectivity index (χ1v) is 11.6. The van der Waals surface area contributed by atoms with Gasteiger partial charge in [0.1, 0.15) is 18.2 Å². The molecule has 6 rings (SSSR count). The lowest BCUT2D eigenvalue weighted by atomic mass is 9.85. The first-order valence-electron chi connectivity index (χ1n) is 11.6. The molecule has 0 fully saturated rings. The molecule has 1 aromatic heterocycles. The second-order valence-corrected chi connectivity index (χ2v) is 9.05. The molecule has 6 heteroatoms. The average Bonchev–Trinajstić information content (AvgIpc) is 3.23. The van der Waals surface area contributed by atoms with E-state index in [1.807, 2.05) is 6.07 Å². The Kier molecular flexibility index (Phi) is 5.18. The summed E-state index contributed by atoms with van der Waals surface area (Å²) < 4.78 is 30.5. The van der Waals surface area contributed by atoms with Gasteiger partial charge in [0.15, 0.2) is 11.5 Å². The summed E-state index contributed by atoms with van der Waals surface area (Å²) in [5.74, 6) is 2.09. The van der Waals surface area contributed by atoms with E-state index in [1.54, 1.807) is 26.4 Å². The van der Waals surface area contributed by atoms with Gasteiger partial charge in [-0.3, -0.25) is 4.90 Å². The Bertz CT molecular complexity index is 1360. The van der Waals surface area contributed by atoms with Crippen molar-refractivity contribution in [2.45, 2.75) is 32.0 Å². The second kappa shape index (κ2) is 8.37. The van der Waals surface area contributed by atoms with Crippen LogP contribution in [0.1, 0.15) is 34.0 Å². The molecule has 0 saturated carbocycles. The molecule has 0 aliphatic carbocycles. The molecule has 2 aliphatic rings. The van der Waals surface area contributed by atoms with Gasteiger partial charge in [-0.15, -0.1) is 0 Å². The van der Waals surface area contributed by atoms with Gasteiger partial charge in [-0.1, -0.05) is 12.1 Å². The van der Waals surface area contributed by atoms with E-state index in [1.165, 1.54) is 39.9 Å². The molecule has 34 heavy (non-hydrogen) atoms. The fourth-order valence-electron chi connectivity index (χ4n) is 5.38. The summed E-state index contributed by atoms with van der Waals surface area (Å²) in [6.45, 7) is 2.27. The van der Waals surface area contributed by atoms with E-state index in [-0.39, 0.29) is 5.82 Å². The fourth-order valence-corrected chi connectivity index (χ4v) is 5.38. The first-order chi connectivity index (χ1) is 16.6. The maximum atomic E-state index is 13.2. The average molecular weight is 459 g/mol. The Morgan fingerprint density at radius 1 is 1.00 bits per heavy atom. The zero-order valence-electron chi connectivity index (χ0n) is 19.4. The predicted octanol–water partition coefficient (Wildman–Crippen LogP) is 5.56. The molecule has 0 radical (unpaired) electrons. The number of fused-ring (bicyclic) bond motifs is 6. The molecule has 3 aromatic carbocycles. The lowest BCUT2D eigenvalue weighted by Crippen LogP contribution is -2.39. The lowest BCUT2D eigenvalue weighted by Gasteiger charge is -2.40. The van der Waals surface area contributed by atoms with Gasteiger partial charge in [-0.25, -0.2) is 4.39 Å². The number of methoxy groups -OCH3 is 2. The van der Waals surface area contributed by atoms with E-state index >= 15 is 0 Å². The maximum absolute atomic E-state index is 13.2. The summed E-state index contributed by atoms with van der Waals surface area (Å²) in [7, 11) is 3.39. The van der Waals surface area contributed by atoms with E-state index in [0.29, 0.717) is 12.6 Å². The molecule has 0 saturated heterocycles. The number of ether oxygens (including phenoxy) is 3. The number of benzene rings is 3. The molecule has 0 spiro atoms. The molecule has 1 unspecified atom stereocenters. The third kappa shape index (κ3) is 3.59. The van der Waals surface area contributed by atoms with Crippen molar-refractivity contribution in [2.75, 3.05) is 20.8 Å². The quantitative estimate of drug-likeness (QED) is 0.425. The second-order valence-electron chi connectivity index (χ2n) is 9.05. The van der Waals surface area contributed by atoms with Crippen LogP contribution in [0.2, 0.25) is 0 Å². The van der Waals surface area contributed by atoms with Crippen LogP contribution in [-0.4, -0.2) is 30.6 Å². The van der Waals surface area contributed by atoms with Crippen LogP contribution in [0.3, 0.4) is 0 Å². The minimum Gasteiger partial charge on any atom is -0.497 e. The standard InChI is InChI=1S/C28H27FN2O3/c1-32-20-7-8-24-22(12-20)23-13-26-21-14-27(33-2)28(34-16-17-3-5-19(29)6-4-17)11-18(21)9-10-31(26)15-25(23)30-24/h3-8,11-12,14,26,30H,9-10,13,15-16H2,1-2H3. The molecule has 0 amide bonds. The van der Waals surface area contributed by atoms with Crippen LogP contribution < -0.4 is 14.2 Å². The normalized spacial score (nSPS) is 17.1. The molecule has 1 atom stereocenters. The van der Waals surface area contributed by atoms with Crippen LogP contribution in [0.4, 0.5) is 4.39 Å². The zero-order valence-corrected chi connectivity index (χ0v) is 19.4. The number of aromatic nitrogens is 1. The minimum absolute atomic E-state index is 0.246. The molecule has 1 N–H and O–H groups in total. The van der Waals surface area contributed by atoms with Crippen molar-refractivity contribution >= 4 is 10.9 Å². The summed E-state index contributed by atoms with van der Waals surface area (Å²) >= 11 is 0. The van der Waals surface area contributed by atoms with Crippen molar-refractivity contribution < 1.29 is 18.6 Å². The van der Waals surface area contributed by atoms with Crippen molar-refractivity contribution in [3.05, 3.63) is 88.4 Å². The monoisotopic (exact) mass is 458 g/mol. The van der Waals surface area contributed by atoms with Crippen LogP contribution in [0.15, 0.2) is 54.6 Å². The number of H-pyrrole nitrogens is 1. The largest absolute Gasteiger partial charge is 0.497 e. The molecule has 0 bridgehead atoms. The molecular weight excluding hydrogens is 431 g/mol. The SMILES string of the molecule is COc1ccc2[nH]c3c(c2c1)CC1c2cc(OC)c(OCc4ccc(F)cc4)cc2CCN1C3. The van der Waals surface area contributed by atoms with Crippen molar-refractivity contribution in [2.24, 2.45) is 0 Å². The number of halogens is 1. The Morgan fingerprint density at radius 2 is 1.85 bits per heavy atom. The first kappa shape index (κ1) is 21.1.